The number of rotatable bonds is 8. The molecule has 8 heteroatoms. The van der Waals surface area contributed by atoms with Crippen molar-refractivity contribution in [1.82, 2.24) is 20.8 Å². The molecule has 0 unspecified atom stereocenters. The van der Waals surface area contributed by atoms with E-state index < -0.39 is 0 Å². The number of halogens is 2. The van der Waals surface area contributed by atoms with Crippen LogP contribution in [0.25, 0.3) is 11.3 Å². The summed E-state index contributed by atoms with van der Waals surface area (Å²) >= 11 is 6.17. The smallest absolute Gasteiger partial charge is 0.255 e. The van der Waals surface area contributed by atoms with Crippen LogP contribution in [0.2, 0.25) is 5.02 Å². The second kappa shape index (κ2) is 10.2. The molecule has 0 aliphatic heterocycles. The average molecular weight is 359 g/mol. The van der Waals surface area contributed by atoms with E-state index in [-0.39, 0.29) is 18.3 Å². The Morgan fingerprint density at radius 3 is 2.83 bits per heavy atom. The topological polar surface area (TPSA) is 79.0 Å². The van der Waals surface area contributed by atoms with Crippen molar-refractivity contribution in [3.63, 3.8) is 0 Å². The van der Waals surface area contributed by atoms with Gasteiger partial charge in [0.1, 0.15) is 0 Å². The van der Waals surface area contributed by atoms with E-state index in [0.717, 1.165) is 12.1 Å². The van der Waals surface area contributed by atoms with E-state index in [4.69, 9.17) is 16.3 Å². The summed E-state index contributed by atoms with van der Waals surface area (Å²) in [6.07, 6.45) is 1.51. The Kier molecular flexibility index (Phi) is 8.65. The summed E-state index contributed by atoms with van der Waals surface area (Å²) < 4.78 is 4.93. The van der Waals surface area contributed by atoms with Gasteiger partial charge in [-0.2, -0.15) is 5.10 Å². The highest BCUT2D eigenvalue weighted by molar-refractivity contribution is 6.33. The van der Waals surface area contributed by atoms with Crippen molar-refractivity contribution in [2.75, 3.05) is 33.4 Å². The van der Waals surface area contributed by atoms with E-state index >= 15 is 0 Å². The third-order valence-electron chi connectivity index (χ3n) is 3.10. The second-order valence-corrected chi connectivity index (χ2v) is 5.04. The van der Waals surface area contributed by atoms with Gasteiger partial charge in [-0.1, -0.05) is 29.8 Å². The Hall–Kier alpha value is -1.60. The van der Waals surface area contributed by atoms with Crippen LogP contribution in [0.3, 0.4) is 0 Å². The third kappa shape index (κ3) is 5.51. The van der Waals surface area contributed by atoms with Crippen molar-refractivity contribution in [3.05, 3.63) is 41.0 Å². The van der Waals surface area contributed by atoms with E-state index in [1.807, 2.05) is 18.2 Å². The Morgan fingerprint density at radius 1 is 1.30 bits per heavy atom. The Bertz CT molecular complexity index is 619. The molecule has 2 rings (SSSR count). The van der Waals surface area contributed by atoms with Crippen LogP contribution in [0.1, 0.15) is 10.4 Å². The highest BCUT2D eigenvalue weighted by atomic mass is 35.5. The molecule has 23 heavy (non-hydrogen) atoms. The van der Waals surface area contributed by atoms with Gasteiger partial charge in [-0.05, 0) is 6.07 Å². The molecule has 1 heterocycles. The number of aromatic nitrogens is 2. The lowest BCUT2D eigenvalue weighted by Gasteiger charge is -2.08. The van der Waals surface area contributed by atoms with Crippen molar-refractivity contribution in [1.29, 1.82) is 0 Å². The zero-order chi connectivity index (χ0) is 15.8. The van der Waals surface area contributed by atoms with E-state index in [0.29, 0.717) is 36.0 Å². The number of hydrogen-bond acceptors (Lipinski definition) is 4. The lowest BCUT2D eigenvalue weighted by atomic mass is 10.1. The second-order valence-electron chi connectivity index (χ2n) is 4.64. The van der Waals surface area contributed by atoms with Gasteiger partial charge in [0, 0.05) is 37.3 Å². The summed E-state index contributed by atoms with van der Waals surface area (Å²) in [5.41, 5.74) is 1.85. The van der Waals surface area contributed by atoms with Gasteiger partial charge in [-0.3, -0.25) is 9.89 Å². The molecule has 0 radical (unpaired) electrons. The molecular weight excluding hydrogens is 339 g/mol. The number of benzene rings is 1. The highest BCUT2D eigenvalue weighted by Gasteiger charge is 2.16. The van der Waals surface area contributed by atoms with Crippen LogP contribution < -0.4 is 10.6 Å². The largest absolute Gasteiger partial charge is 0.383 e. The van der Waals surface area contributed by atoms with E-state index in [1.54, 1.807) is 13.2 Å². The molecule has 2 aromatic rings. The van der Waals surface area contributed by atoms with Crippen LogP contribution in [0.5, 0.6) is 0 Å². The van der Waals surface area contributed by atoms with Gasteiger partial charge in [0.15, 0.2) is 0 Å². The van der Waals surface area contributed by atoms with Gasteiger partial charge in [0.05, 0.1) is 24.1 Å². The summed E-state index contributed by atoms with van der Waals surface area (Å²) in [4.78, 5) is 12.2. The van der Waals surface area contributed by atoms with Crippen LogP contribution in [-0.4, -0.2) is 49.5 Å². The number of ether oxygens (including phenoxy) is 1. The fourth-order valence-electron chi connectivity index (χ4n) is 1.99. The first kappa shape index (κ1) is 19.4. The average Bonchev–Trinajstić information content (AvgIpc) is 3.00. The van der Waals surface area contributed by atoms with E-state index in [1.165, 1.54) is 6.20 Å². The molecule has 3 N–H and O–H groups in total. The molecule has 126 valence electrons. The standard InChI is InChI=1S/C15H19ClN4O2.ClH/c1-22-9-8-17-6-7-18-15(21)12-10-19-20-14(12)11-4-2-3-5-13(11)16;/h2-5,10,17H,6-9H2,1H3,(H,18,21)(H,19,20);1H. The molecule has 0 spiro atoms. The Labute approximate surface area is 146 Å². The predicted octanol–water partition coefficient (Wildman–Crippen LogP) is 2.12. The number of hydrogen-bond donors (Lipinski definition) is 3. The van der Waals surface area contributed by atoms with Crippen molar-refractivity contribution in [2.45, 2.75) is 0 Å². The molecule has 0 saturated heterocycles. The minimum atomic E-state index is -0.183. The molecule has 1 amide bonds. The monoisotopic (exact) mass is 358 g/mol. The minimum absolute atomic E-state index is 0. The molecule has 0 bridgehead atoms. The predicted molar refractivity (Wildman–Crippen MR) is 93.4 cm³/mol. The maximum Gasteiger partial charge on any atom is 0.255 e. The number of amides is 1. The first-order chi connectivity index (χ1) is 10.7. The van der Waals surface area contributed by atoms with Crippen molar-refractivity contribution in [2.24, 2.45) is 0 Å². The van der Waals surface area contributed by atoms with Gasteiger partial charge >= 0.3 is 0 Å². The van der Waals surface area contributed by atoms with Gasteiger partial charge in [0.2, 0.25) is 0 Å². The van der Waals surface area contributed by atoms with Crippen LogP contribution in [0.4, 0.5) is 0 Å². The quantitative estimate of drug-likeness (QED) is 0.631. The van der Waals surface area contributed by atoms with Crippen molar-refractivity contribution < 1.29 is 9.53 Å². The number of methoxy groups -OCH3 is 1. The molecule has 1 aromatic heterocycles. The first-order valence-corrected chi connectivity index (χ1v) is 7.38. The van der Waals surface area contributed by atoms with Gasteiger partial charge in [-0.25, -0.2) is 0 Å². The zero-order valence-corrected chi connectivity index (χ0v) is 14.3. The van der Waals surface area contributed by atoms with E-state index in [9.17, 15) is 4.79 Å². The summed E-state index contributed by atoms with van der Waals surface area (Å²) in [7, 11) is 1.65. The molecule has 1 aromatic carbocycles. The minimum Gasteiger partial charge on any atom is -0.383 e. The van der Waals surface area contributed by atoms with Crippen molar-refractivity contribution >= 4 is 29.9 Å². The van der Waals surface area contributed by atoms with Gasteiger partial charge < -0.3 is 15.4 Å². The van der Waals surface area contributed by atoms with Crippen LogP contribution in [0, 0.1) is 0 Å². The molecule has 0 atom stereocenters. The lowest BCUT2D eigenvalue weighted by molar-refractivity contribution is 0.0954. The molecule has 0 aliphatic rings. The maximum absolute atomic E-state index is 12.2. The Balaban J connectivity index is 0.00000264. The molecule has 6 nitrogen and oxygen atoms in total. The maximum atomic E-state index is 12.2. The Morgan fingerprint density at radius 2 is 2.09 bits per heavy atom. The number of H-pyrrole nitrogens is 1. The van der Waals surface area contributed by atoms with Gasteiger partial charge in [0.25, 0.3) is 5.91 Å². The van der Waals surface area contributed by atoms with Crippen LogP contribution in [0.15, 0.2) is 30.5 Å². The van der Waals surface area contributed by atoms with Gasteiger partial charge in [-0.15, -0.1) is 12.4 Å². The fraction of sp³-hybridized carbons (Fsp3) is 0.333. The van der Waals surface area contributed by atoms with Crippen molar-refractivity contribution in [3.8, 4) is 11.3 Å². The lowest BCUT2D eigenvalue weighted by Crippen LogP contribution is -2.33. The molecular formula is C15H20Cl2N4O2. The van der Waals surface area contributed by atoms with Crippen LogP contribution in [-0.2, 0) is 4.74 Å². The number of carbonyl (C=O) groups excluding carboxylic acids is 1. The SMILES string of the molecule is COCCNCCNC(=O)c1cn[nH]c1-c1ccccc1Cl.Cl. The highest BCUT2D eigenvalue weighted by Crippen LogP contribution is 2.28. The number of nitrogens with zero attached hydrogens (tertiary/aromatic N) is 1. The number of carbonyl (C=O) groups is 1. The number of nitrogens with one attached hydrogen (secondary N) is 3. The summed E-state index contributed by atoms with van der Waals surface area (Å²) in [5, 5.41) is 13.4. The fourth-order valence-corrected chi connectivity index (χ4v) is 2.22. The summed E-state index contributed by atoms with van der Waals surface area (Å²) in [6, 6.07) is 7.33. The first-order valence-electron chi connectivity index (χ1n) is 7.00. The summed E-state index contributed by atoms with van der Waals surface area (Å²) in [5.74, 6) is -0.183. The molecule has 0 saturated carbocycles. The molecule has 0 fully saturated rings. The van der Waals surface area contributed by atoms with E-state index in [2.05, 4.69) is 20.8 Å². The normalized spacial score (nSPS) is 10.2. The van der Waals surface area contributed by atoms with Crippen LogP contribution >= 0.6 is 24.0 Å². The molecule has 0 aliphatic carbocycles. The third-order valence-corrected chi connectivity index (χ3v) is 3.43. The summed E-state index contributed by atoms with van der Waals surface area (Å²) in [6.45, 7) is 2.60. The number of aromatic amines is 1. The zero-order valence-electron chi connectivity index (χ0n) is 12.8.